The molecule has 1 aliphatic heterocycles. The maximum Gasteiger partial charge on any atom is 0.228 e. The lowest BCUT2D eigenvalue weighted by Gasteiger charge is -2.42. The highest BCUT2D eigenvalue weighted by molar-refractivity contribution is 5.85. The van der Waals surface area contributed by atoms with Gasteiger partial charge in [-0.1, -0.05) is 26.2 Å². The van der Waals surface area contributed by atoms with Crippen molar-refractivity contribution in [3.8, 4) is 0 Å². The topological polar surface area (TPSA) is 43.8 Å². The molecule has 1 heterocycles. The van der Waals surface area contributed by atoms with Crippen LogP contribution in [0.4, 0.5) is 0 Å². The van der Waals surface area contributed by atoms with Crippen LogP contribution in [0.5, 0.6) is 0 Å². The molecule has 0 aromatic carbocycles. The van der Waals surface area contributed by atoms with Gasteiger partial charge >= 0.3 is 0 Å². The predicted octanol–water partition coefficient (Wildman–Crippen LogP) is 2.29. The first kappa shape index (κ1) is 18.7. The summed E-state index contributed by atoms with van der Waals surface area (Å²) in [4.78, 5) is 16.8. The SMILES string of the molecule is CC(C(=O)N(C)C1CCCCC1)C1(O)CCN(C)CC1.Cl. The molecule has 2 rings (SSSR count). The van der Waals surface area contributed by atoms with Crippen LogP contribution < -0.4 is 0 Å². The van der Waals surface area contributed by atoms with E-state index in [1.807, 2.05) is 18.9 Å². The number of likely N-dealkylation sites (tertiary alicyclic amines) is 1. The average molecular weight is 319 g/mol. The quantitative estimate of drug-likeness (QED) is 0.868. The van der Waals surface area contributed by atoms with Crippen LogP contribution in [0.3, 0.4) is 0 Å². The third-order valence-electron chi connectivity index (χ3n) is 5.50. The second-order valence-electron chi connectivity index (χ2n) is 6.87. The van der Waals surface area contributed by atoms with Crippen molar-refractivity contribution in [3.05, 3.63) is 0 Å². The normalized spacial score (nSPS) is 25.0. The maximum atomic E-state index is 12.7. The Morgan fingerprint density at radius 2 is 1.76 bits per heavy atom. The van der Waals surface area contributed by atoms with Crippen molar-refractivity contribution in [3.63, 3.8) is 0 Å². The summed E-state index contributed by atoms with van der Waals surface area (Å²) in [6.45, 7) is 3.66. The van der Waals surface area contributed by atoms with Crippen molar-refractivity contribution < 1.29 is 9.90 Å². The Morgan fingerprint density at radius 1 is 1.24 bits per heavy atom. The molecule has 0 spiro atoms. The lowest BCUT2D eigenvalue weighted by Crippen LogP contribution is -2.53. The van der Waals surface area contributed by atoms with Gasteiger partial charge in [0.05, 0.1) is 11.5 Å². The minimum atomic E-state index is -0.813. The highest BCUT2D eigenvalue weighted by atomic mass is 35.5. The molecule has 5 heteroatoms. The number of halogens is 1. The van der Waals surface area contributed by atoms with Gasteiger partial charge in [0.1, 0.15) is 0 Å². The zero-order chi connectivity index (χ0) is 14.8. The van der Waals surface area contributed by atoms with E-state index in [1.54, 1.807) is 0 Å². The second-order valence-corrected chi connectivity index (χ2v) is 6.87. The van der Waals surface area contributed by atoms with Gasteiger partial charge in [-0.05, 0) is 32.7 Å². The number of hydrogen-bond acceptors (Lipinski definition) is 3. The Morgan fingerprint density at radius 3 is 2.29 bits per heavy atom. The Labute approximate surface area is 135 Å². The highest BCUT2D eigenvalue weighted by Crippen LogP contribution is 2.32. The Hall–Kier alpha value is -0.320. The van der Waals surface area contributed by atoms with Crippen LogP contribution in [-0.2, 0) is 4.79 Å². The summed E-state index contributed by atoms with van der Waals surface area (Å²) in [6.07, 6.45) is 7.40. The molecule has 1 atom stereocenters. The third-order valence-corrected chi connectivity index (χ3v) is 5.50. The minimum Gasteiger partial charge on any atom is -0.389 e. The molecule has 1 unspecified atom stereocenters. The molecule has 1 N–H and O–H groups in total. The van der Waals surface area contributed by atoms with Gasteiger partial charge < -0.3 is 14.9 Å². The summed E-state index contributed by atoms with van der Waals surface area (Å²) in [5.74, 6) is -0.160. The maximum absolute atomic E-state index is 12.7. The van der Waals surface area contributed by atoms with Crippen molar-refractivity contribution in [1.29, 1.82) is 0 Å². The summed E-state index contributed by atoms with van der Waals surface area (Å²) < 4.78 is 0. The number of carbonyl (C=O) groups excluding carboxylic acids is 1. The first-order valence-electron chi connectivity index (χ1n) is 8.11. The Kier molecular flexibility index (Phi) is 6.95. The van der Waals surface area contributed by atoms with Gasteiger partial charge in [-0.15, -0.1) is 12.4 Å². The van der Waals surface area contributed by atoms with E-state index >= 15 is 0 Å². The van der Waals surface area contributed by atoms with Crippen LogP contribution in [0.25, 0.3) is 0 Å². The number of hydrogen-bond donors (Lipinski definition) is 1. The summed E-state index contributed by atoms with van der Waals surface area (Å²) in [5, 5.41) is 10.8. The van der Waals surface area contributed by atoms with Gasteiger partial charge in [0.15, 0.2) is 0 Å². The van der Waals surface area contributed by atoms with Gasteiger partial charge in [-0.2, -0.15) is 0 Å². The van der Waals surface area contributed by atoms with E-state index in [2.05, 4.69) is 11.9 Å². The molecule has 21 heavy (non-hydrogen) atoms. The second kappa shape index (κ2) is 7.80. The molecule has 2 aliphatic rings. The number of amides is 1. The zero-order valence-corrected chi connectivity index (χ0v) is 14.5. The van der Waals surface area contributed by atoms with E-state index in [4.69, 9.17) is 0 Å². The molecule has 1 amide bonds. The smallest absolute Gasteiger partial charge is 0.228 e. The predicted molar refractivity (Wildman–Crippen MR) is 87.7 cm³/mol. The van der Waals surface area contributed by atoms with Gasteiger partial charge in [0, 0.05) is 26.2 Å². The molecule has 124 valence electrons. The van der Waals surface area contributed by atoms with Crippen LogP contribution in [0.15, 0.2) is 0 Å². The van der Waals surface area contributed by atoms with E-state index < -0.39 is 5.60 Å². The molecule has 0 bridgehead atoms. The molecular formula is C16H31ClN2O2. The summed E-state index contributed by atoms with van der Waals surface area (Å²) >= 11 is 0. The number of rotatable bonds is 3. The molecule has 4 nitrogen and oxygen atoms in total. The lowest BCUT2D eigenvalue weighted by atomic mass is 9.79. The number of piperidine rings is 1. The van der Waals surface area contributed by atoms with Crippen LogP contribution in [0.1, 0.15) is 51.9 Å². The van der Waals surface area contributed by atoms with Crippen molar-refractivity contribution in [2.45, 2.75) is 63.5 Å². The Bertz CT molecular complexity index is 337. The number of nitrogens with zero attached hydrogens (tertiary/aromatic N) is 2. The molecule has 0 radical (unpaired) electrons. The average Bonchev–Trinajstić information content (AvgIpc) is 2.49. The van der Waals surface area contributed by atoms with Crippen molar-refractivity contribution in [2.24, 2.45) is 5.92 Å². The monoisotopic (exact) mass is 318 g/mol. The molecular weight excluding hydrogens is 288 g/mol. The van der Waals surface area contributed by atoms with Gasteiger partial charge in [0.25, 0.3) is 0 Å². The summed E-state index contributed by atoms with van der Waals surface area (Å²) in [7, 11) is 3.99. The fraction of sp³-hybridized carbons (Fsp3) is 0.938. The molecule has 2 fully saturated rings. The van der Waals surface area contributed by atoms with E-state index in [9.17, 15) is 9.90 Å². The van der Waals surface area contributed by atoms with E-state index in [0.717, 1.165) is 25.9 Å². The molecule has 0 aromatic rings. The highest BCUT2D eigenvalue weighted by Gasteiger charge is 2.42. The van der Waals surface area contributed by atoms with Crippen molar-refractivity contribution >= 4 is 18.3 Å². The molecule has 1 saturated carbocycles. The largest absolute Gasteiger partial charge is 0.389 e. The number of aliphatic hydroxyl groups is 1. The van der Waals surface area contributed by atoms with Crippen LogP contribution >= 0.6 is 12.4 Å². The molecule has 1 aliphatic carbocycles. The third kappa shape index (κ3) is 4.33. The van der Waals surface area contributed by atoms with Crippen molar-refractivity contribution in [2.75, 3.05) is 27.2 Å². The molecule has 1 saturated heterocycles. The first-order valence-corrected chi connectivity index (χ1v) is 8.11. The minimum absolute atomic E-state index is 0. The first-order chi connectivity index (χ1) is 9.44. The van der Waals surface area contributed by atoms with Crippen LogP contribution in [0, 0.1) is 5.92 Å². The van der Waals surface area contributed by atoms with E-state index in [0.29, 0.717) is 18.9 Å². The van der Waals surface area contributed by atoms with E-state index in [-0.39, 0.29) is 24.2 Å². The van der Waals surface area contributed by atoms with E-state index in [1.165, 1.54) is 19.3 Å². The lowest BCUT2D eigenvalue weighted by molar-refractivity contribution is -0.149. The van der Waals surface area contributed by atoms with Crippen molar-refractivity contribution in [1.82, 2.24) is 9.80 Å². The standard InChI is InChI=1S/C16H30N2O2.ClH/c1-13(16(20)9-11-17(2)12-10-16)15(19)18(3)14-7-5-4-6-8-14;/h13-14,20H,4-12H2,1-3H3;1H. The fourth-order valence-corrected chi connectivity index (χ4v) is 3.62. The fourth-order valence-electron chi connectivity index (χ4n) is 3.62. The van der Waals surface area contributed by atoms with Crippen LogP contribution in [-0.4, -0.2) is 59.6 Å². The van der Waals surface area contributed by atoms with Gasteiger partial charge in [-0.3, -0.25) is 4.79 Å². The van der Waals surface area contributed by atoms with Gasteiger partial charge in [-0.25, -0.2) is 0 Å². The van der Waals surface area contributed by atoms with Crippen LogP contribution in [0.2, 0.25) is 0 Å². The zero-order valence-electron chi connectivity index (χ0n) is 13.7. The Balaban J connectivity index is 0.00000220. The molecule has 0 aromatic heterocycles. The summed E-state index contributed by atoms with van der Waals surface area (Å²) in [6, 6.07) is 0.383. The number of carbonyl (C=O) groups is 1. The summed E-state index contributed by atoms with van der Waals surface area (Å²) in [5.41, 5.74) is -0.813. The van der Waals surface area contributed by atoms with Gasteiger partial charge in [0.2, 0.25) is 5.91 Å².